The Bertz CT molecular complexity index is 829. The highest BCUT2D eigenvalue weighted by Crippen LogP contribution is 2.23. The molecule has 0 aromatic heterocycles. The normalized spacial score (nSPS) is 17.6. The van der Waals surface area contributed by atoms with Crippen LogP contribution in [0.4, 0.5) is 11.4 Å². The molecular weight excluding hydrogens is 340 g/mol. The van der Waals surface area contributed by atoms with E-state index in [1.165, 1.54) is 5.69 Å². The first-order valence-electron chi connectivity index (χ1n) is 9.43. The Kier molecular flexibility index (Phi) is 4.96. The molecule has 2 aliphatic rings. The standard InChI is InChI=1S/C21H24N4O2/c26-20(27)17-6-4-9-19(16-17)25-11-5-10-22-21(25)24-14-12-23(13-15-24)18-7-2-1-3-8-18/h1-4,6-9,16H,5,10-15H2,(H,26,27). The van der Waals surface area contributed by atoms with Crippen molar-refractivity contribution in [3.05, 3.63) is 60.2 Å². The van der Waals surface area contributed by atoms with E-state index in [9.17, 15) is 9.90 Å². The van der Waals surface area contributed by atoms with Gasteiger partial charge < -0.3 is 19.8 Å². The zero-order chi connectivity index (χ0) is 18.6. The highest BCUT2D eigenvalue weighted by Gasteiger charge is 2.26. The fourth-order valence-corrected chi connectivity index (χ4v) is 3.72. The minimum atomic E-state index is -0.899. The Morgan fingerprint density at radius 3 is 2.30 bits per heavy atom. The van der Waals surface area contributed by atoms with E-state index in [-0.39, 0.29) is 0 Å². The summed E-state index contributed by atoms with van der Waals surface area (Å²) in [5.74, 6) is 0.0697. The van der Waals surface area contributed by atoms with Crippen molar-refractivity contribution < 1.29 is 9.90 Å². The molecule has 6 heteroatoms. The van der Waals surface area contributed by atoms with Gasteiger partial charge in [-0.1, -0.05) is 24.3 Å². The lowest BCUT2D eigenvalue weighted by Crippen LogP contribution is -2.55. The lowest BCUT2D eigenvalue weighted by Gasteiger charge is -2.42. The number of carboxylic acid groups (broad SMARTS) is 1. The summed E-state index contributed by atoms with van der Waals surface area (Å²) in [5, 5.41) is 9.29. The quantitative estimate of drug-likeness (QED) is 0.908. The van der Waals surface area contributed by atoms with Gasteiger partial charge in [0.1, 0.15) is 0 Å². The molecule has 140 valence electrons. The maximum absolute atomic E-state index is 11.3. The van der Waals surface area contributed by atoms with Crippen LogP contribution >= 0.6 is 0 Å². The van der Waals surface area contributed by atoms with E-state index >= 15 is 0 Å². The molecule has 0 saturated carbocycles. The lowest BCUT2D eigenvalue weighted by atomic mass is 10.1. The van der Waals surface area contributed by atoms with E-state index in [1.54, 1.807) is 18.2 Å². The Morgan fingerprint density at radius 1 is 0.852 bits per heavy atom. The van der Waals surface area contributed by atoms with Gasteiger partial charge in [0.15, 0.2) is 0 Å². The van der Waals surface area contributed by atoms with Crippen LogP contribution in [0.3, 0.4) is 0 Å². The van der Waals surface area contributed by atoms with Gasteiger partial charge in [0.25, 0.3) is 0 Å². The van der Waals surface area contributed by atoms with E-state index in [1.807, 2.05) is 12.1 Å². The maximum atomic E-state index is 11.3. The van der Waals surface area contributed by atoms with Crippen molar-refractivity contribution in [2.24, 2.45) is 4.99 Å². The highest BCUT2D eigenvalue weighted by atomic mass is 16.4. The summed E-state index contributed by atoms with van der Waals surface area (Å²) in [4.78, 5) is 23.0. The van der Waals surface area contributed by atoms with Crippen molar-refractivity contribution in [1.82, 2.24) is 4.90 Å². The van der Waals surface area contributed by atoms with Gasteiger partial charge in [-0.3, -0.25) is 4.99 Å². The summed E-state index contributed by atoms with van der Waals surface area (Å²) < 4.78 is 0. The first-order chi connectivity index (χ1) is 13.2. The molecule has 2 aromatic carbocycles. The van der Waals surface area contributed by atoms with Crippen LogP contribution in [0.25, 0.3) is 0 Å². The van der Waals surface area contributed by atoms with E-state index in [4.69, 9.17) is 4.99 Å². The Morgan fingerprint density at radius 2 is 1.56 bits per heavy atom. The topological polar surface area (TPSA) is 59.4 Å². The Balaban J connectivity index is 1.50. The predicted octanol–water partition coefficient (Wildman–Crippen LogP) is 2.77. The van der Waals surface area contributed by atoms with Gasteiger partial charge in [0.2, 0.25) is 5.96 Å². The van der Waals surface area contributed by atoms with Crippen LogP contribution in [0.15, 0.2) is 59.6 Å². The fraction of sp³-hybridized carbons (Fsp3) is 0.333. The van der Waals surface area contributed by atoms with Crippen LogP contribution in [0.2, 0.25) is 0 Å². The number of para-hydroxylation sites is 1. The van der Waals surface area contributed by atoms with Gasteiger partial charge >= 0.3 is 5.97 Å². The number of nitrogens with zero attached hydrogens (tertiary/aromatic N) is 4. The van der Waals surface area contributed by atoms with Crippen molar-refractivity contribution in [1.29, 1.82) is 0 Å². The van der Waals surface area contributed by atoms with Gasteiger partial charge in [0.05, 0.1) is 5.56 Å². The van der Waals surface area contributed by atoms with Crippen LogP contribution in [0, 0.1) is 0 Å². The summed E-state index contributed by atoms with van der Waals surface area (Å²) in [6.45, 7) is 5.40. The minimum Gasteiger partial charge on any atom is -0.478 e. The second kappa shape index (κ2) is 7.70. The second-order valence-electron chi connectivity index (χ2n) is 6.85. The molecule has 1 fully saturated rings. The summed E-state index contributed by atoms with van der Waals surface area (Å²) in [5.41, 5.74) is 2.47. The first-order valence-corrected chi connectivity index (χ1v) is 9.43. The number of aromatic carboxylic acids is 1. The van der Waals surface area contributed by atoms with Gasteiger partial charge in [-0.15, -0.1) is 0 Å². The van der Waals surface area contributed by atoms with Crippen LogP contribution in [-0.2, 0) is 0 Å². The van der Waals surface area contributed by atoms with Crippen LogP contribution in [-0.4, -0.2) is 61.2 Å². The second-order valence-corrected chi connectivity index (χ2v) is 6.85. The van der Waals surface area contributed by atoms with Crippen LogP contribution in [0.5, 0.6) is 0 Å². The van der Waals surface area contributed by atoms with Gasteiger partial charge in [-0.2, -0.15) is 0 Å². The zero-order valence-electron chi connectivity index (χ0n) is 15.3. The molecule has 6 nitrogen and oxygen atoms in total. The SMILES string of the molecule is O=C(O)c1cccc(N2CCCN=C2N2CCN(c3ccccc3)CC2)c1. The molecule has 0 amide bonds. The molecule has 2 aromatic rings. The number of carboxylic acids is 1. The van der Waals surface area contributed by atoms with Gasteiger partial charge in [0, 0.05) is 50.6 Å². The van der Waals surface area contributed by atoms with Crippen LogP contribution < -0.4 is 9.80 Å². The summed E-state index contributed by atoms with van der Waals surface area (Å²) in [6, 6.07) is 17.6. The van der Waals surface area contributed by atoms with E-state index in [2.05, 4.69) is 39.0 Å². The monoisotopic (exact) mass is 364 g/mol. The molecule has 0 atom stereocenters. The summed E-state index contributed by atoms with van der Waals surface area (Å²) in [7, 11) is 0. The molecule has 0 bridgehead atoms. The number of hydrogen-bond donors (Lipinski definition) is 1. The molecule has 27 heavy (non-hydrogen) atoms. The number of anilines is 2. The van der Waals surface area contributed by atoms with Crippen molar-refractivity contribution >= 4 is 23.3 Å². The summed E-state index contributed by atoms with van der Waals surface area (Å²) >= 11 is 0. The smallest absolute Gasteiger partial charge is 0.335 e. The van der Waals surface area contributed by atoms with Crippen molar-refractivity contribution in [2.75, 3.05) is 49.1 Å². The third-order valence-electron chi connectivity index (χ3n) is 5.12. The van der Waals surface area contributed by atoms with E-state index in [0.29, 0.717) is 5.56 Å². The molecule has 0 spiro atoms. The molecule has 2 aliphatic heterocycles. The van der Waals surface area contributed by atoms with Gasteiger partial charge in [-0.25, -0.2) is 4.79 Å². The van der Waals surface area contributed by atoms with E-state index < -0.39 is 5.97 Å². The minimum absolute atomic E-state index is 0.311. The van der Waals surface area contributed by atoms with Crippen LogP contribution in [0.1, 0.15) is 16.8 Å². The molecule has 4 rings (SSSR count). The number of aliphatic imine (C=N–C) groups is 1. The largest absolute Gasteiger partial charge is 0.478 e. The third-order valence-corrected chi connectivity index (χ3v) is 5.12. The average molecular weight is 364 g/mol. The number of benzene rings is 2. The van der Waals surface area contributed by atoms with Gasteiger partial charge in [-0.05, 0) is 36.8 Å². The maximum Gasteiger partial charge on any atom is 0.335 e. The lowest BCUT2D eigenvalue weighted by molar-refractivity contribution is 0.0697. The van der Waals surface area contributed by atoms with Crippen molar-refractivity contribution in [3.8, 4) is 0 Å². The van der Waals surface area contributed by atoms with Crippen molar-refractivity contribution in [2.45, 2.75) is 6.42 Å². The number of rotatable bonds is 3. The Hall–Kier alpha value is -3.02. The number of guanidine groups is 1. The molecule has 0 unspecified atom stereocenters. The predicted molar refractivity (Wildman–Crippen MR) is 108 cm³/mol. The molecular formula is C21H24N4O2. The fourth-order valence-electron chi connectivity index (χ4n) is 3.72. The van der Waals surface area contributed by atoms with E-state index in [0.717, 1.165) is 57.3 Å². The average Bonchev–Trinajstić information content (AvgIpc) is 2.74. The molecule has 2 heterocycles. The Labute approximate surface area is 159 Å². The third kappa shape index (κ3) is 3.74. The highest BCUT2D eigenvalue weighted by molar-refractivity contribution is 5.98. The zero-order valence-corrected chi connectivity index (χ0v) is 15.3. The summed E-state index contributed by atoms with van der Waals surface area (Å²) in [6.07, 6.45) is 0.977. The molecule has 0 radical (unpaired) electrons. The molecule has 0 aliphatic carbocycles. The van der Waals surface area contributed by atoms with Crippen molar-refractivity contribution in [3.63, 3.8) is 0 Å². The molecule has 1 saturated heterocycles. The number of hydrogen-bond acceptors (Lipinski definition) is 5. The number of piperazine rings is 1. The first kappa shape index (κ1) is 17.4. The number of carbonyl (C=O) groups is 1. The molecule has 1 N–H and O–H groups in total.